The molecule has 3 rings (SSSR count). The Hall–Kier alpha value is -2.61. The topological polar surface area (TPSA) is 100 Å². The minimum Gasteiger partial charge on any atom is -0.465 e. The lowest BCUT2D eigenvalue weighted by atomic mass is 10.0. The molecule has 9 heteroatoms. The van der Waals surface area contributed by atoms with Gasteiger partial charge in [0.2, 0.25) is 5.91 Å². The average Bonchev–Trinajstić information content (AvgIpc) is 3.26. The van der Waals surface area contributed by atoms with Crippen LogP contribution >= 0.6 is 11.6 Å². The molecular formula is C20H26ClN5O3. The molecule has 2 atom stereocenters. The molecule has 1 saturated carbocycles. The number of amides is 2. The van der Waals surface area contributed by atoms with Gasteiger partial charge in [-0.2, -0.15) is 5.10 Å². The third-order valence-electron chi connectivity index (χ3n) is 5.17. The summed E-state index contributed by atoms with van der Waals surface area (Å²) in [6.45, 7) is 5.88. The van der Waals surface area contributed by atoms with Gasteiger partial charge < -0.3 is 15.3 Å². The molecule has 0 radical (unpaired) electrons. The number of carbonyl (C=O) groups is 2. The minimum atomic E-state index is -0.946. The highest BCUT2D eigenvalue weighted by Crippen LogP contribution is 2.33. The quantitative estimate of drug-likeness (QED) is 0.772. The fourth-order valence-corrected chi connectivity index (χ4v) is 4.07. The van der Waals surface area contributed by atoms with Crippen LogP contribution in [0.4, 0.5) is 4.79 Å². The molecule has 2 aromatic heterocycles. The maximum Gasteiger partial charge on any atom is 0.407 e. The van der Waals surface area contributed by atoms with Crippen molar-refractivity contribution in [1.29, 1.82) is 0 Å². The average molecular weight is 420 g/mol. The number of pyridine rings is 1. The van der Waals surface area contributed by atoms with Crippen LogP contribution in [0.5, 0.6) is 0 Å². The predicted octanol–water partition coefficient (Wildman–Crippen LogP) is 3.48. The summed E-state index contributed by atoms with van der Waals surface area (Å²) in [6.07, 6.45) is 6.04. The largest absolute Gasteiger partial charge is 0.465 e. The van der Waals surface area contributed by atoms with E-state index in [0.29, 0.717) is 30.0 Å². The Morgan fingerprint density at radius 1 is 1.38 bits per heavy atom. The highest BCUT2D eigenvalue weighted by atomic mass is 35.5. The first-order valence-electron chi connectivity index (χ1n) is 9.61. The molecule has 1 aliphatic carbocycles. The number of hydrogen-bond donors (Lipinski definition) is 2. The maximum absolute atomic E-state index is 12.6. The molecule has 1 aliphatic rings. The van der Waals surface area contributed by atoms with Crippen molar-refractivity contribution < 1.29 is 14.7 Å². The Bertz CT molecular complexity index is 878. The Morgan fingerprint density at radius 2 is 2.14 bits per heavy atom. The number of nitrogens with one attached hydrogen (secondary N) is 1. The van der Waals surface area contributed by atoms with Crippen molar-refractivity contribution in [2.45, 2.75) is 58.2 Å². The van der Waals surface area contributed by atoms with Crippen LogP contribution in [0.3, 0.4) is 0 Å². The van der Waals surface area contributed by atoms with Gasteiger partial charge in [-0.15, -0.1) is 0 Å². The van der Waals surface area contributed by atoms with Gasteiger partial charge in [0.15, 0.2) is 5.15 Å². The van der Waals surface area contributed by atoms with Gasteiger partial charge in [0.05, 0.1) is 11.9 Å². The zero-order valence-corrected chi connectivity index (χ0v) is 17.6. The molecule has 2 aromatic rings. The van der Waals surface area contributed by atoms with Gasteiger partial charge in [0.1, 0.15) is 0 Å². The first kappa shape index (κ1) is 21.1. The second kappa shape index (κ2) is 8.41. The number of nitrogens with zero attached hydrogens (tertiary/aromatic N) is 4. The van der Waals surface area contributed by atoms with Gasteiger partial charge in [-0.1, -0.05) is 11.6 Å². The Morgan fingerprint density at radius 3 is 2.76 bits per heavy atom. The first-order chi connectivity index (χ1) is 13.7. The second-order valence-electron chi connectivity index (χ2n) is 8.31. The van der Waals surface area contributed by atoms with E-state index in [1.54, 1.807) is 29.3 Å². The fourth-order valence-electron chi connectivity index (χ4n) is 3.88. The highest BCUT2D eigenvalue weighted by molar-refractivity contribution is 6.30. The van der Waals surface area contributed by atoms with E-state index in [-0.39, 0.29) is 24.4 Å². The van der Waals surface area contributed by atoms with Crippen molar-refractivity contribution in [2.24, 2.45) is 5.92 Å². The Kier molecular flexibility index (Phi) is 6.12. The van der Waals surface area contributed by atoms with Crippen LogP contribution in [-0.2, 0) is 11.3 Å². The Labute approximate surface area is 174 Å². The molecule has 2 amide bonds. The van der Waals surface area contributed by atoms with Crippen molar-refractivity contribution in [1.82, 2.24) is 25.0 Å². The van der Waals surface area contributed by atoms with Gasteiger partial charge in [-0.3, -0.25) is 9.78 Å². The molecule has 2 N–H and O–H groups in total. The summed E-state index contributed by atoms with van der Waals surface area (Å²) in [5.41, 5.74) is 0.984. The van der Waals surface area contributed by atoms with Gasteiger partial charge in [0.25, 0.3) is 0 Å². The number of rotatable bonds is 5. The molecule has 0 unspecified atom stereocenters. The van der Waals surface area contributed by atoms with E-state index in [4.69, 9.17) is 11.6 Å². The predicted molar refractivity (Wildman–Crippen MR) is 109 cm³/mol. The minimum absolute atomic E-state index is 0.0862. The number of carboxylic acid groups (broad SMARTS) is 1. The highest BCUT2D eigenvalue weighted by Gasteiger charge is 2.39. The van der Waals surface area contributed by atoms with E-state index < -0.39 is 11.6 Å². The molecule has 0 bridgehead atoms. The van der Waals surface area contributed by atoms with Crippen molar-refractivity contribution >= 4 is 23.6 Å². The van der Waals surface area contributed by atoms with Crippen LogP contribution < -0.4 is 5.32 Å². The third kappa shape index (κ3) is 4.87. The van der Waals surface area contributed by atoms with E-state index in [2.05, 4.69) is 15.4 Å². The van der Waals surface area contributed by atoms with Gasteiger partial charge >= 0.3 is 6.09 Å². The zero-order valence-electron chi connectivity index (χ0n) is 16.8. The van der Waals surface area contributed by atoms with E-state index in [0.717, 1.165) is 5.69 Å². The summed E-state index contributed by atoms with van der Waals surface area (Å²) >= 11 is 6.21. The number of hydrogen-bond acceptors (Lipinski definition) is 4. The van der Waals surface area contributed by atoms with E-state index in [9.17, 15) is 14.7 Å². The van der Waals surface area contributed by atoms with Crippen LogP contribution in [0.25, 0.3) is 5.69 Å². The van der Waals surface area contributed by atoms with Gasteiger partial charge in [-0.25, -0.2) is 9.48 Å². The molecule has 2 heterocycles. The summed E-state index contributed by atoms with van der Waals surface area (Å²) in [5, 5.41) is 17.1. The summed E-state index contributed by atoms with van der Waals surface area (Å²) in [7, 11) is 0. The van der Waals surface area contributed by atoms with Crippen molar-refractivity contribution in [3.63, 3.8) is 0 Å². The normalized spacial score (nSPS) is 19.2. The molecule has 0 saturated heterocycles. The summed E-state index contributed by atoms with van der Waals surface area (Å²) in [6, 6.07) is 3.52. The monoisotopic (exact) mass is 419 g/mol. The first-order valence-corrected chi connectivity index (χ1v) is 9.99. The SMILES string of the molecule is CC(C)(C)N(C(=O)O)[C@H]1CC[C@@H](C(=O)NCc2cn(-c3cccnc3)nc2Cl)C1. The smallest absolute Gasteiger partial charge is 0.407 e. The lowest BCUT2D eigenvalue weighted by Crippen LogP contribution is -2.50. The van der Waals surface area contributed by atoms with Crippen LogP contribution in [0, 0.1) is 5.92 Å². The summed E-state index contributed by atoms with van der Waals surface area (Å²) in [5.74, 6) is -0.298. The standard InChI is InChI=1S/C20H26ClN5O3/c1-20(2,3)26(19(28)29)15-7-6-13(9-15)18(27)23-10-14-12-25(24-17(14)21)16-5-4-8-22-11-16/h4-5,8,11-13,15H,6-7,9-10H2,1-3H3,(H,23,27)(H,28,29)/t13-,15+/m1/s1. The van der Waals surface area contributed by atoms with Crippen LogP contribution in [0.15, 0.2) is 30.7 Å². The van der Waals surface area contributed by atoms with Crippen molar-refractivity contribution in [3.05, 3.63) is 41.4 Å². The molecule has 8 nitrogen and oxygen atoms in total. The van der Waals surface area contributed by atoms with Gasteiger partial charge in [-0.05, 0) is 52.2 Å². The van der Waals surface area contributed by atoms with Crippen LogP contribution in [0.2, 0.25) is 5.15 Å². The van der Waals surface area contributed by atoms with E-state index in [1.807, 2.05) is 26.8 Å². The van der Waals surface area contributed by atoms with E-state index in [1.165, 1.54) is 4.90 Å². The number of halogens is 1. The van der Waals surface area contributed by atoms with Gasteiger partial charge in [0, 0.05) is 42.0 Å². The molecular weight excluding hydrogens is 394 g/mol. The third-order valence-corrected chi connectivity index (χ3v) is 5.49. The molecule has 0 spiro atoms. The Balaban J connectivity index is 1.59. The van der Waals surface area contributed by atoms with Crippen molar-refractivity contribution in [2.75, 3.05) is 0 Å². The molecule has 29 heavy (non-hydrogen) atoms. The zero-order chi connectivity index (χ0) is 21.2. The summed E-state index contributed by atoms with van der Waals surface area (Å²) < 4.78 is 1.62. The fraction of sp³-hybridized carbons (Fsp3) is 0.500. The summed E-state index contributed by atoms with van der Waals surface area (Å²) in [4.78, 5) is 29.8. The molecule has 0 aliphatic heterocycles. The molecule has 0 aromatic carbocycles. The van der Waals surface area contributed by atoms with Crippen LogP contribution in [0.1, 0.15) is 45.6 Å². The lowest BCUT2D eigenvalue weighted by Gasteiger charge is -2.38. The molecule has 156 valence electrons. The second-order valence-corrected chi connectivity index (χ2v) is 8.66. The lowest BCUT2D eigenvalue weighted by molar-refractivity contribution is -0.125. The van der Waals surface area contributed by atoms with E-state index >= 15 is 0 Å². The maximum atomic E-state index is 12.6. The number of aromatic nitrogens is 3. The van der Waals surface area contributed by atoms with Crippen molar-refractivity contribution in [3.8, 4) is 5.69 Å². The molecule has 1 fully saturated rings. The number of carbonyl (C=O) groups excluding carboxylic acids is 1. The van der Waals surface area contributed by atoms with Crippen LogP contribution in [-0.4, -0.2) is 48.4 Å².